The number of rotatable bonds is 6. The van der Waals surface area contributed by atoms with Gasteiger partial charge >= 0.3 is 6.01 Å². The molecule has 1 heterocycles. The molecule has 6 nitrogen and oxygen atoms in total. The second kappa shape index (κ2) is 8.12. The van der Waals surface area contributed by atoms with Gasteiger partial charge in [0.15, 0.2) is 5.82 Å². The molecular weight excluding hydrogens is 354 g/mol. The highest BCUT2D eigenvalue weighted by Crippen LogP contribution is 2.24. The van der Waals surface area contributed by atoms with E-state index in [1.165, 1.54) is 4.68 Å². The molecule has 0 unspecified atom stereocenters. The number of carbonyl (C=O) groups excluding carboxylic acids is 1. The van der Waals surface area contributed by atoms with Gasteiger partial charge in [0.25, 0.3) is 5.91 Å². The molecule has 3 rings (SSSR count). The fraction of sp³-hybridized carbons (Fsp3) is 0.211. The van der Waals surface area contributed by atoms with E-state index in [9.17, 15) is 4.79 Å². The summed E-state index contributed by atoms with van der Waals surface area (Å²) < 4.78 is 11.7. The number of hydrogen-bond donors (Lipinski definition) is 0. The van der Waals surface area contributed by atoms with Gasteiger partial charge in [-0.2, -0.15) is 9.67 Å². The van der Waals surface area contributed by atoms with Crippen LogP contribution >= 0.6 is 11.6 Å². The Balaban J connectivity index is 2.04. The van der Waals surface area contributed by atoms with Crippen LogP contribution in [-0.2, 0) is 4.74 Å². The monoisotopic (exact) mass is 371 g/mol. The molecule has 26 heavy (non-hydrogen) atoms. The van der Waals surface area contributed by atoms with Crippen LogP contribution in [0.1, 0.15) is 15.9 Å². The Morgan fingerprint density at radius 3 is 2.69 bits per heavy atom. The first kappa shape index (κ1) is 18.1. The molecule has 0 N–H and O–H groups in total. The van der Waals surface area contributed by atoms with Gasteiger partial charge < -0.3 is 9.47 Å². The highest BCUT2D eigenvalue weighted by atomic mass is 35.5. The lowest BCUT2D eigenvalue weighted by Crippen LogP contribution is -2.15. The van der Waals surface area contributed by atoms with E-state index < -0.39 is 0 Å². The van der Waals surface area contributed by atoms with E-state index in [4.69, 9.17) is 21.1 Å². The molecule has 3 aromatic rings. The summed E-state index contributed by atoms with van der Waals surface area (Å²) >= 11 is 6.01. The number of aryl methyl sites for hydroxylation is 1. The first-order valence-corrected chi connectivity index (χ1v) is 8.43. The summed E-state index contributed by atoms with van der Waals surface area (Å²) in [5, 5.41) is 4.72. The summed E-state index contributed by atoms with van der Waals surface area (Å²) in [5.74, 6) is 0.0836. The zero-order chi connectivity index (χ0) is 18.5. The Hall–Kier alpha value is -2.70. The molecule has 7 heteroatoms. The van der Waals surface area contributed by atoms with Crippen molar-refractivity contribution < 1.29 is 14.3 Å². The average molecular weight is 372 g/mol. The fourth-order valence-corrected chi connectivity index (χ4v) is 2.64. The molecule has 0 aliphatic rings. The van der Waals surface area contributed by atoms with Gasteiger partial charge in [0, 0.05) is 23.3 Å². The Bertz CT molecular complexity index is 924. The largest absolute Gasteiger partial charge is 0.460 e. The van der Waals surface area contributed by atoms with Gasteiger partial charge in [0.2, 0.25) is 0 Å². The smallest absolute Gasteiger partial charge is 0.336 e. The van der Waals surface area contributed by atoms with E-state index in [-0.39, 0.29) is 11.9 Å². The zero-order valence-electron chi connectivity index (χ0n) is 14.5. The van der Waals surface area contributed by atoms with E-state index in [0.29, 0.717) is 29.6 Å². The molecule has 0 bridgehead atoms. The molecule has 0 saturated heterocycles. The van der Waals surface area contributed by atoms with Gasteiger partial charge in [-0.05, 0) is 30.7 Å². The minimum Gasteiger partial charge on any atom is -0.460 e. The van der Waals surface area contributed by atoms with E-state index >= 15 is 0 Å². The normalized spacial score (nSPS) is 10.7. The third-order valence-corrected chi connectivity index (χ3v) is 3.99. The highest BCUT2D eigenvalue weighted by molar-refractivity contribution is 6.31. The van der Waals surface area contributed by atoms with E-state index in [1.54, 1.807) is 31.4 Å². The SMILES string of the molecule is COCCOc1nc(-c2ccccc2C)n(C(=O)c2cccc(Cl)c2)n1. The van der Waals surface area contributed by atoms with Gasteiger partial charge in [-0.25, -0.2) is 0 Å². The standard InChI is InChI=1S/C19H18ClN3O3/c1-13-6-3-4-9-16(13)17-21-19(26-11-10-25-2)22-23(17)18(24)14-7-5-8-15(20)12-14/h3-9,12H,10-11H2,1-2H3. The van der Waals surface area contributed by atoms with E-state index in [0.717, 1.165) is 11.1 Å². The molecule has 0 aliphatic heterocycles. The molecule has 0 aliphatic carbocycles. The minimum absolute atomic E-state index is 0.121. The first-order valence-electron chi connectivity index (χ1n) is 8.05. The van der Waals surface area contributed by atoms with Crippen LogP contribution < -0.4 is 4.74 Å². The number of nitrogens with zero attached hydrogens (tertiary/aromatic N) is 3. The summed E-state index contributed by atoms with van der Waals surface area (Å²) in [6.45, 7) is 2.64. The molecule has 0 saturated carbocycles. The molecule has 0 atom stereocenters. The van der Waals surface area contributed by atoms with Crippen molar-refractivity contribution in [3.63, 3.8) is 0 Å². The number of halogens is 1. The maximum atomic E-state index is 13.0. The van der Waals surface area contributed by atoms with Crippen LogP contribution in [0.25, 0.3) is 11.4 Å². The summed E-state index contributed by atoms with van der Waals surface area (Å²) in [7, 11) is 1.58. The van der Waals surface area contributed by atoms with Crippen molar-refractivity contribution in [1.29, 1.82) is 0 Å². The molecule has 1 aromatic heterocycles. The lowest BCUT2D eigenvalue weighted by atomic mass is 10.1. The van der Waals surface area contributed by atoms with Crippen LogP contribution in [-0.4, -0.2) is 41.0 Å². The predicted molar refractivity (Wildman–Crippen MR) is 98.7 cm³/mol. The van der Waals surface area contributed by atoms with Crippen molar-refractivity contribution in [1.82, 2.24) is 14.8 Å². The Labute approximate surface area is 156 Å². The molecule has 134 valence electrons. The summed E-state index contributed by atoms with van der Waals surface area (Å²) in [6.07, 6.45) is 0. The number of hydrogen-bond acceptors (Lipinski definition) is 5. The second-order valence-corrected chi connectivity index (χ2v) is 6.04. The van der Waals surface area contributed by atoms with Crippen LogP contribution in [0.5, 0.6) is 6.01 Å². The summed E-state index contributed by atoms with van der Waals surface area (Å²) in [4.78, 5) is 17.4. The molecule has 0 fully saturated rings. The molecule has 0 spiro atoms. The predicted octanol–water partition coefficient (Wildman–Crippen LogP) is 3.62. The maximum Gasteiger partial charge on any atom is 0.336 e. The van der Waals surface area contributed by atoms with E-state index in [2.05, 4.69) is 10.1 Å². The van der Waals surface area contributed by atoms with Crippen molar-refractivity contribution in [2.45, 2.75) is 6.92 Å². The van der Waals surface area contributed by atoms with Crippen LogP contribution in [0.2, 0.25) is 5.02 Å². The Kier molecular flexibility index (Phi) is 5.65. The number of benzene rings is 2. The van der Waals surface area contributed by atoms with Crippen LogP contribution in [0, 0.1) is 6.92 Å². The van der Waals surface area contributed by atoms with Crippen LogP contribution in [0.3, 0.4) is 0 Å². The molecular formula is C19H18ClN3O3. The molecule has 0 radical (unpaired) electrons. The molecule has 2 aromatic carbocycles. The summed E-state index contributed by atoms with van der Waals surface area (Å²) in [5.41, 5.74) is 2.20. The third kappa shape index (κ3) is 3.92. The van der Waals surface area contributed by atoms with Gasteiger partial charge in [-0.15, -0.1) is 5.10 Å². The van der Waals surface area contributed by atoms with Gasteiger partial charge in [0.05, 0.1) is 6.61 Å². The van der Waals surface area contributed by atoms with Crippen molar-refractivity contribution in [3.8, 4) is 17.4 Å². The first-order chi connectivity index (χ1) is 12.6. The maximum absolute atomic E-state index is 13.0. The number of aromatic nitrogens is 3. The summed E-state index contributed by atoms with van der Waals surface area (Å²) in [6, 6.07) is 14.5. The van der Waals surface area contributed by atoms with Crippen molar-refractivity contribution in [3.05, 3.63) is 64.7 Å². The number of ether oxygens (including phenoxy) is 2. The zero-order valence-corrected chi connectivity index (χ0v) is 15.2. The lowest BCUT2D eigenvalue weighted by Gasteiger charge is -2.07. The fourth-order valence-electron chi connectivity index (χ4n) is 2.45. The average Bonchev–Trinajstić information content (AvgIpc) is 3.05. The van der Waals surface area contributed by atoms with Crippen molar-refractivity contribution in [2.75, 3.05) is 20.3 Å². The topological polar surface area (TPSA) is 66.2 Å². The minimum atomic E-state index is -0.333. The number of carbonyl (C=O) groups is 1. The van der Waals surface area contributed by atoms with Crippen molar-refractivity contribution in [2.24, 2.45) is 0 Å². The Morgan fingerprint density at radius 2 is 1.96 bits per heavy atom. The van der Waals surface area contributed by atoms with Gasteiger partial charge in [-0.3, -0.25) is 4.79 Å². The van der Waals surface area contributed by atoms with Gasteiger partial charge in [-0.1, -0.05) is 41.9 Å². The Morgan fingerprint density at radius 1 is 1.15 bits per heavy atom. The van der Waals surface area contributed by atoms with Crippen molar-refractivity contribution >= 4 is 17.5 Å². The van der Waals surface area contributed by atoms with E-state index in [1.807, 2.05) is 31.2 Å². The van der Waals surface area contributed by atoms with Crippen LogP contribution in [0.4, 0.5) is 0 Å². The quantitative estimate of drug-likeness (QED) is 0.619. The number of methoxy groups -OCH3 is 1. The molecule has 0 amide bonds. The second-order valence-electron chi connectivity index (χ2n) is 5.60. The lowest BCUT2D eigenvalue weighted by molar-refractivity contribution is 0.0943. The highest BCUT2D eigenvalue weighted by Gasteiger charge is 2.21. The van der Waals surface area contributed by atoms with Crippen LogP contribution in [0.15, 0.2) is 48.5 Å². The third-order valence-electron chi connectivity index (χ3n) is 3.76. The van der Waals surface area contributed by atoms with Gasteiger partial charge in [0.1, 0.15) is 6.61 Å².